The topological polar surface area (TPSA) is 64.3 Å². The van der Waals surface area contributed by atoms with Gasteiger partial charge in [0.1, 0.15) is 0 Å². The third kappa shape index (κ3) is 4.62. The van der Waals surface area contributed by atoms with Crippen molar-refractivity contribution in [1.29, 1.82) is 0 Å². The molecule has 0 aromatic heterocycles. The van der Waals surface area contributed by atoms with Gasteiger partial charge < -0.3 is 5.73 Å². The minimum absolute atomic E-state index is 0.00852. The van der Waals surface area contributed by atoms with Gasteiger partial charge in [0, 0.05) is 12.0 Å². The van der Waals surface area contributed by atoms with Crippen molar-refractivity contribution in [2.75, 3.05) is 6.61 Å². The molecule has 0 aromatic carbocycles. The Morgan fingerprint density at radius 1 is 1.53 bits per heavy atom. The predicted octanol–water partition coefficient (Wildman–Crippen LogP) is 1.21. The number of carbonyl (C=O) groups is 1. The number of carbonyl (C=O) groups excluding carboxylic acids is 1. The summed E-state index contributed by atoms with van der Waals surface area (Å²) in [5.41, 5.74) is 8.33. The van der Waals surface area contributed by atoms with Crippen LogP contribution in [0.25, 0.3) is 0 Å². The van der Waals surface area contributed by atoms with Crippen LogP contribution in [0, 0.1) is 11.8 Å². The van der Waals surface area contributed by atoms with Gasteiger partial charge in [0.2, 0.25) is 5.91 Å². The van der Waals surface area contributed by atoms with Crippen LogP contribution < -0.4 is 11.2 Å². The van der Waals surface area contributed by atoms with Gasteiger partial charge in [-0.3, -0.25) is 9.63 Å². The molecule has 1 saturated carbocycles. The lowest BCUT2D eigenvalue weighted by Crippen LogP contribution is -2.38. The number of hydroxylamine groups is 1. The van der Waals surface area contributed by atoms with Crippen LogP contribution in [0.3, 0.4) is 0 Å². The standard InChI is InChI=1S/C11H22N2O2/c1-8(2)7-15-13-11(14)9-4-3-5-10(12)6-9/h8-10H,3-7,12H2,1-2H3,(H,13,14). The van der Waals surface area contributed by atoms with E-state index in [1.54, 1.807) is 0 Å². The summed E-state index contributed by atoms with van der Waals surface area (Å²) in [5.74, 6) is 0.464. The minimum atomic E-state index is -0.00852. The molecule has 0 bridgehead atoms. The SMILES string of the molecule is CC(C)CONC(=O)C1CCCC(N)C1. The van der Waals surface area contributed by atoms with Crippen molar-refractivity contribution in [2.45, 2.75) is 45.6 Å². The molecule has 0 spiro atoms. The first kappa shape index (κ1) is 12.5. The van der Waals surface area contributed by atoms with Gasteiger partial charge in [-0.2, -0.15) is 0 Å². The Morgan fingerprint density at radius 3 is 2.87 bits per heavy atom. The zero-order chi connectivity index (χ0) is 11.3. The molecule has 1 aliphatic carbocycles. The molecule has 0 aromatic rings. The average molecular weight is 214 g/mol. The average Bonchev–Trinajstić information content (AvgIpc) is 2.17. The van der Waals surface area contributed by atoms with Gasteiger partial charge in [-0.25, -0.2) is 5.48 Å². The summed E-state index contributed by atoms with van der Waals surface area (Å²) in [4.78, 5) is 16.7. The Hall–Kier alpha value is -0.610. The van der Waals surface area contributed by atoms with Crippen LogP contribution in [0.15, 0.2) is 0 Å². The van der Waals surface area contributed by atoms with E-state index in [4.69, 9.17) is 10.6 Å². The van der Waals surface area contributed by atoms with Crippen molar-refractivity contribution in [3.8, 4) is 0 Å². The maximum Gasteiger partial charge on any atom is 0.246 e. The van der Waals surface area contributed by atoms with Crippen molar-refractivity contribution in [1.82, 2.24) is 5.48 Å². The van der Waals surface area contributed by atoms with Crippen molar-refractivity contribution in [3.63, 3.8) is 0 Å². The molecule has 1 fully saturated rings. The molecule has 1 aliphatic rings. The molecule has 4 nitrogen and oxygen atoms in total. The summed E-state index contributed by atoms with van der Waals surface area (Å²) >= 11 is 0. The molecule has 0 radical (unpaired) electrons. The van der Waals surface area contributed by atoms with Gasteiger partial charge >= 0.3 is 0 Å². The molecule has 0 aliphatic heterocycles. The molecule has 3 N–H and O–H groups in total. The van der Waals surface area contributed by atoms with Crippen molar-refractivity contribution >= 4 is 5.91 Å². The van der Waals surface area contributed by atoms with E-state index in [2.05, 4.69) is 5.48 Å². The van der Waals surface area contributed by atoms with Crippen LogP contribution in [-0.2, 0) is 9.63 Å². The minimum Gasteiger partial charge on any atom is -0.328 e. The van der Waals surface area contributed by atoms with Crippen LogP contribution in [0.5, 0.6) is 0 Å². The first-order chi connectivity index (χ1) is 7.09. The molecule has 0 heterocycles. The molecule has 2 atom stereocenters. The van der Waals surface area contributed by atoms with E-state index >= 15 is 0 Å². The van der Waals surface area contributed by atoms with E-state index in [9.17, 15) is 4.79 Å². The zero-order valence-electron chi connectivity index (χ0n) is 9.66. The zero-order valence-corrected chi connectivity index (χ0v) is 9.66. The van der Waals surface area contributed by atoms with Crippen molar-refractivity contribution < 1.29 is 9.63 Å². The smallest absolute Gasteiger partial charge is 0.246 e. The summed E-state index contributed by atoms with van der Waals surface area (Å²) in [5, 5.41) is 0. The van der Waals surface area contributed by atoms with E-state index in [1.165, 1.54) is 0 Å². The molecule has 15 heavy (non-hydrogen) atoms. The quantitative estimate of drug-likeness (QED) is 0.691. The Balaban J connectivity index is 2.21. The maximum atomic E-state index is 11.6. The van der Waals surface area contributed by atoms with Crippen molar-refractivity contribution in [2.24, 2.45) is 17.6 Å². The summed E-state index contributed by atoms with van der Waals surface area (Å²) in [6.45, 7) is 4.65. The lowest BCUT2D eigenvalue weighted by molar-refractivity contribution is -0.139. The molecule has 88 valence electrons. The molecule has 0 saturated heterocycles. The first-order valence-corrected chi connectivity index (χ1v) is 5.76. The second kappa shape index (κ2) is 6.08. The Morgan fingerprint density at radius 2 is 2.27 bits per heavy atom. The maximum absolute atomic E-state index is 11.6. The van der Waals surface area contributed by atoms with Crippen LogP contribution in [0.1, 0.15) is 39.5 Å². The normalized spacial score (nSPS) is 26.7. The number of amides is 1. The first-order valence-electron chi connectivity index (χ1n) is 5.76. The lowest BCUT2D eigenvalue weighted by atomic mass is 9.86. The predicted molar refractivity (Wildman–Crippen MR) is 58.9 cm³/mol. The third-order valence-electron chi connectivity index (χ3n) is 2.67. The second-order valence-electron chi connectivity index (χ2n) is 4.79. The highest BCUT2D eigenvalue weighted by Gasteiger charge is 2.25. The Kier molecular flexibility index (Phi) is 5.05. The van der Waals surface area contributed by atoms with Gasteiger partial charge in [0.05, 0.1) is 6.61 Å². The fourth-order valence-corrected chi connectivity index (χ4v) is 1.83. The Labute approximate surface area is 91.5 Å². The molecule has 1 rings (SSSR count). The summed E-state index contributed by atoms with van der Waals surface area (Å²) in [6, 6.07) is 0.180. The Bertz CT molecular complexity index is 207. The summed E-state index contributed by atoms with van der Waals surface area (Å²) < 4.78 is 0. The van der Waals surface area contributed by atoms with Crippen LogP contribution in [0.2, 0.25) is 0 Å². The van der Waals surface area contributed by atoms with Gasteiger partial charge in [-0.05, 0) is 25.2 Å². The molecule has 4 heteroatoms. The van der Waals surface area contributed by atoms with E-state index < -0.39 is 0 Å². The summed E-state index contributed by atoms with van der Waals surface area (Å²) in [7, 11) is 0. The van der Waals surface area contributed by atoms with Crippen molar-refractivity contribution in [3.05, 3.63) is 0 Å². The highest BCUT2D eigenvalue weighted by molar-refractivity contribution is 5.77. The van der Waals surface area contributed by atoms with E-state index in [-0.39, 0.29) is 17.9 Å². The highest BCUT2D eigenvalue weighted by atomic mass is 16.6. The fraction of sp³-hybridized carbons (Fsp3) is 0.909. The van der Waals surface area contributed by atoms with Crippen LogP contribution >= 0.6 is 0 Å². The number of nitrogens with two attached hydrogens (primary N) is 1. The van der Waals surface area contributed by atoms with Gasteiger partial charge in [0.25, 0.3) is 0 Å². The largest absolute Gasteiger partial charge is 0.328 e. The van der Waals surface area contributed by atoms with E-state index in [0.717, 1.165) is 25.7 Å². The number of nitrogens with one attached hydrogen (secondary N) is 1. The third-order valence-corrected chi connectivity index (χ3v) is 2.67. The highest BCUT2D eigenvalue weighted by Crippen LogP contribution is 2.22. The monoisotopic (exact) mass is 214 g/mol. The molecule has 1 amide bonds. The summed E-state index contributed by atoms with van der Waals surface area (Å²) in [6.07, 6.45) is 3.81. The van der Waals surface area contributed by atoms with Crippen LogP contribution in [0.4, 0.5) is 0 Å². The molecular weight excluding hydrogens is 192 g/mol. The molecular formula is C11H22N2O2. The number of hydrogen-bond donors (Lipinski definition) is 2. The second-order valence-corrected chi connectivity index (χ2v) is 4.79. The number of rotatable bonds is 4. The van der Waals surface area contributed by atoms with E-state index in [0.29, 0.717) is 12.5 Å². The lowest BCUT2D eigenvalue weighted by Gasteiger charge is -2.25. The van der Waals surface area contributed by atoms with Gasteiger partial charge in [0.15, 0.2) is 0 Å². The fourth-order valence-electron chi connectivity index (χ4n) is 1.83. The molecule has 2 unspecified atom stereocenters. The number of hydrogen-bond acceptors (Lipinski definition) is 3. The van der Waals surface area contributed by atoms with Gasteiger partial charge in [-0.15, -0.1) is 0 Å². The van der Waals surface area contributed by atoms with Gasteiger partial charge in [-0.1, -0.05) is 20.3 Å². The van der Waals surface area contributed by atoms with Crippen LogP contribution in [-0.4, -0.2) is 18.6 Å². The van der Waals surface area contributed by atoms with E-state index in [1.807, 2.05) is 13.8 Å².